The van der Waals surface area contributed by atoms with Crippen molar-refractivity contribution in [3.05, 3.63) is 33.1 Å². The summed E-state index contributed by atoms with van der Waals surface area (Å²) in [4.78, 5) is 35.4. The van der Waals surface area contributed by atoms with E-state index in [0.29, 0.717) is 0 Å². The van der Waals surface area contributed by atoms with Crippen LogP contribution in [0.1, 0.15) is 6.23 Å². The topological polar surface area (TPSA) is 126 Å². The van der Waals surface area contributed by atoms with Crippen LogP contribution in [0.3, 0.4) is 0 Å². The summed E-state index contributed by atoms with van der Waals surface area (Å²) >= 11 is 0. The second-order valence-electron chi connectivity index (χ2n) is 4.49. The van der Waals surface area contributed by atoms with E-state index >= 15 is 0 Å². The van der Waals surface area contributed by atoms with Crippen LogP contribution >= 0.6 is 8.25 Å². The Morgan fingerprint density at radius 3 is 2.87 bits per heavy atom. The van der Waals surface area contributed by atoms with Crippen molar-refractivity contribution in [2.24, 2.45) is 0 Å². The Morgan fingerprint density at radius 1 is 1.52 bits per heavy atom. The number of rotatable bonds is 7. The summed E-state index contributed by atoms with van der Waals surface area (Å²) in [5.41, 5.74) is -1.51. The number of aromatic nitrogens is 2. The Morgan fingerprint density at radius 2 is 2.26 bits per heavy atom. The van der Waals surface area contributed by atoms with E-state index in [0.717, 1.165) is 23.9 Å². The van der Waals surface area contributed by atoms with Crippen molar-refractivity contribution in [2.75, 3.05) is 13.7 Å². The quantitative estimate of drug-likeness (QED) is 0.508. The molecule has 5 atom stereocenters. The maximum atomic E-state index is 14.3. The highest BCUT2D eigenvalue weighted by Crippen LogP contribution is 2.34. The van der Waals surface area contributed by atoms with Gasteiger partial charge in [-0.2, -0.15) is 0 Å². The van der Waals surface area contributed by atoms with Crippen molar-refractivity contribution in [1.29, 1.82) is 0 Å². The molecule has 0 saturated carbocycles. The molecule has 10 nitrogen and oxygen atoms in total. The van der Waals surface area contributed by atoms with Gasteiger partial charge in [-0.05, 0) is 0 Å². The molecule has 1 aromatic rings. The van der Waals surface area contributed by atoms with Gasteiger partial charge in [-0.3, -0.25) is 23.7 Å². The molecule has 0 radical (unpaired) electrons. The molecule has 2 heterocycles. The van der Waals surface area contributed by atoms with E-state index in [1.165, 1.54) is 0 Å². The van der Waals surface area contributed by atoms with E-state index in [2.05, 4.69) is 9.26 Å². The molecule has 0 amide bonds. The summed E-state index contributed by atoms with van der Waals surface area (Å²) in [7, 11) is -1.63. The van der Waals surface area contributed by atoms with Gasteiger partial charge in [0.1, 0.15) is 6.10 Å². The number of nitrogens with zero attached hydrogens (tertiary/aromatic N) is 1. The number of aromatic amines is 1. The van der Waals surface area contributed by atoms with Crippen molar-refractivity contribution >= 4 is 14.7 Å². The minimum Gasteiger partial charge on any atom is -0.456 e. The third-order valence-corrected chi connectivity index (χ3v) is 3.87. The summed E-state index contributed by atoms with van der Waals surface area (Å²) < 4.78 is 45.5. The number of halogens is 1. The molecule has 1 aliphatic heterocycles. The lowest BCUT2D eigenvalue weighted by Crippen LogP contribution is -2.37. The van der Waals surface area contributed by atoms with Crippen molar-refractivity contribution in [1.82, 2.24) is 9.55 Å². The maximum Gasteiger partial charge on any atom is 0.330 e. The predicted octanol–water partition coefficient (Wildman–Crippen LogP) is -0.634. The largest absolute Gasteiger partial charge is 0.456 e. The average molecular weight is 352 g/mol. The summed E-state index contributed by atoms with van der Waals surface area (Å²) in [6.07, 6.45) is -4.74. The summed E-state index contributed by atoms with van der Waals surface area (Å²) in [5, 5.41) is 0. The number of carbonyl (C=O) groups excluding carboxylic acids is 1. The zero-order valence-corrected chi connectivity index (χ0v) is 12.8. The number of carbonyl (C=O) groups is 1. The molecule has 23 heavy (non-hydrogen) atoms. The van der Waals surface area contributed by atoms with Crippen molar-refractivity contribution < 1.29 is 32.3 Å². The van der Waals surface area contributed by atoms with Crippen LogP contribution in [0.4, 0.5) is 4.39 Å². The molecule has 0 aliphatic carbocycles. The fraction of sp³-hybridized carbons (Fsp3) is 0.545. The van der Waals surface area contributed by atoms with Crippen LogP contribution in [0, 0.1) is 0 Å². The lowest BCUT2D eigenvalue weighted by Gasteiger charge is -2.19. The highest BCUT2D eigenvalue weighted by atomic mass is 31.1. The smallest absolute Gasteiger partial charge is 0.330 e. The molecule has 2 rings (SSSR count). The third kappa shape index (κ3) is 3.94. The second-order valence-corrected chi connectivity index (χ2v) is 5.69. The van der Waals surface area contributed by atoms with Crippen molar-refractivity contribution in [3.63, 3.8) is 0 Å². The van der Waals surface area contributed by atoms with E-state index in [1.54, 1.807) is 0 Å². The van der Waals surface area contributed by atoms with Crippen LogP contribution in [-0.4, -0.2) is 48.1 Å². The van der Waals surface area contributed by atoms with E-state index in [9.17, 15) is 23.3 Å². The number of alkyl halides is 1. The minimum absolute atomic E-state index is 0.0194. The number of H-pyrrole nitrogens is 1. The summed E-state index contributed by atoms with van der Waals surface area (Å²) in [5.74, 6) is 0. The predicted molar refractivity (Wildman–Crippen MR) is 73.0 cm³/mol. The first kappa shape index (κ1) is 17.5. The highest BCUT2D eigenvalue weighted by molar-refractivity contribution is 7.33. The Bertz CT molecular complexity index is 691. The van der Waals surface area contributed by atoms with Gasteiger partial charge in [0, 0.05) is 19.4 Å². The molecule has 0 spiro atoms. The molecular weight excluding hydrogens is 338 g/mol. The highest BCUT2D eigenvalue weighted by Gasteiger charge is 2.48. The van der Waals surface area contributed by atoms with E-state index < -0.39 is 50.7 Å². The lowest BCUT2D eigenvalue weighted by molar-refractivity contribution is -0.141. The molecule has 1 aromatic heterocycles. The zero-order chi connectivity index (χ0) is 17.0. The van der Waals surface area contributed by atoms with Gasteiger partial charge in [0.05, 0.1) is 6.61 Å². The number of ether oxygens (including phenoxy) is 2. The van der Waals surface area contributed by atoms with Crippen LogP contribution in [0.25, 0.3) is 0 Å². The second kappa shape index (κ2) is 7.64. The van der Waals surface area contributed by atoms with Crippen LogP contribution < -0.4 is 11.2 Å². The standard InChI is InChI=1S/C11H14FN2O8P/c1-19-23(18)21-4-6-8(12)9(20-5-15)10(22-6)14-3-2-7(16)13-11(14)17/h2-3,5-6,8-10,23H,4H2,1H3,(H,13,16,17)/t6-,8-,9-,10-/m1/s1. The third-order valence-electron chi connectivity index (χ3n) is 3.13. The van der Waals surface area contributed by atoms with E-state index in [1.807, 2.05) is 4.98 Å². The van der Waals surface area contributed by atoms with Crippen LogP contribution in [0.2, 0.25) is 0 Å². The monoisotopic (exact) mass is 352 g/mol. The molecule has 1 unspecified atom stereocenters. The number of nitrogens with one attached hydrogen (secondary N) is 1. The lowest BCUT2D eigenvalue weighted by atomic mass is 10.1. The number of hydrogen-bond donors (Lipinski definition) is 1. The molecule has 1 fully saturated rings. The molecule has 1 aliphatic rings. The SMILES string of the molecule is CO[PH](=O)OC[C@H]1O[C@@H](n2ccc(=O)[nH]c2=O)[C@H](OC=O)[C@@H]1F. The molecule has 0 aromatic carbocycles. The van der Waals surface area contributed by atoms with Crippen LogP contribution in [-0.2, 0) is 27.9 Å². The fourth-order valence-corrected chi connectivity index (χ4v) is 2.52. The Kier molecular flexibility index (Phi) is 5.83. The summed E-state index contributed by atoms with van der Waals surface area (Å²) in [6, 6.07) is 1.03. The van der Waals surface area contributed by atoms with Gasteiger partial charge in [-0.1, -0.05) is 0 Å². The van der Waals surface area contributed by atoms with Crippen LogP contribution in [0.15, 0.2) is 21.9 Å². The first-order valence-electron chi connectivity index (χ1n) is 6.38. The van der Waals surface area contributed by atoms with Crippen molar-refractivity contribution in [2.45, 2.75) is 24.6 Å². The molecule has 128 valence electrons. The molecule has 1 saturated heterocycles. The Hall–Kier alpha value is -1.81. The average Bonchev–Trinajstić information content (AvgIpc) is 2.82. The minimum atomic E-state index is -2.79. The first-order valence-corrected chi connectivity index (χ1v) is 7.61. The van der Waals surface area contributed by atoms with Gasteiger partial charge in [-0.15, -0.1) is 0 Å². The van der Waals surface area contributed by atoms with Gasteiger partial charge >= 0.3 is 13.9 Å². The van der Waals surface area contributed by atoms with Gasteiger partial charge in [-0.25, -0.2) is 9.18 Å². The normalized spacial score (nSPS) is 28.4. The van der Waals surface area contributed by atoms with Gasteiger partial charge < -0.3 is 18.5 Å². The fourth-order valence-electron chi connectivity index (χ4n) is 2.10. The van der Waals surface area contributed by atoms with Gasteiger partial charge in [0.2, 0.25) is 0 Å². The molecule has 1 N–H and O–H groups in total. The van der Waals surface area contributed by atoms with E-state index in [-0.39, 0.29) is 6.47 Å². The number of hydrogen-bond acceptors (Lipinski definition) is 8. The zero-order valence-electron chi connectivity index (χ0n) is 11.8. The molecule has 12 heteroatoms. The van der Waals surface area contributed by atoms with Crippen LogP contribution in [0.5, 0.6) is 0 Å². The Balaban J connectivity index is 2.23. The Labute approximate surface area is 129 Å². The maximum absolute atomic E-state index is 14.3. The molecule has 0 bridgehead atoms. The van der Waals surface area contributed by atoms with Gasteiger partial charge in [0.25, 0.3) is 12.0 Å². The van der Waals surface area contributed by atoms with Gasteiger partial charge in [0.15, 0.2) is 18.5 Å². The van der Waals surface area contributed by atoms with Crippen molar-refractivity contribution in [3.8, 4) is 0 Å². The van der Waals surface area contributed by atoms with E-state index in [4.69, 9.17) is 9.26 Å². The molecular formula is C11H14FN2O8P. The summed E-state index contributed by atoms with van der Waals surface area (Å²) in [6.45, 7) is -0.411. The first-order chi connectivity index (χ1) is 11.0.